The van der Waals surface area contributed by atoms with Crippen molar-refractivity contribution >= 4 is 16.8 Å². The normalized spacial score (nSPS) is 21.9. The van der Waals surface area contributed by atoms with Crippen LogP contribution in [0.2, 0.25) is 0 Å². The van der Waals surface area contributed by atoms with Crippen molar-refractivity contribution in [2.75, 3.05) is 26.3 Å². The van der Waals surface area contributed by atoms with Crippen LogP contribution in [-0.4, -0.2) is 64.5 Å². The molecule has 1 aromatic heterocycles. The number of para-hydroxylation sites is 1. The highest BCUT2D eigenvalue weighted by molar-refractivity contribution is 5.95. The Bertz CT molecular complexity index is 1470. The van der Waals surface area contributed by atoms with Gasteiger partial charge in [0.05, 0.1) is 36.2 Å². The SMILES string of the molecule is O=C(NC1CCN(C2CCC3(CC2)OCCO3)C1)c1cc(Cn2c(=O)[nH]c(=O)c3ccccc32)ccc1F. The lowest BCUT2D eigenvalue weighted by atomic mass is 9.89. The van der Waals surface area contributed by atoms with E-state index in [2.05, 4.69) is 15.2 Å². The summed E-state index contributed by atoms with van der Waals surface area (Å²) in [5, 5.41) is 3.39. The molecule has 10 heteroatoms. The van der Waals surface area contributed by atoms with Crippen molar-refractivity contribution in [3.8, 4) is 0 Å². The summed E-state index contributed by atoms with van der Waals surface area (Å²) in [7, 11) is 0. The lowest BCUT2D eigenvalue weighted by Crippen LogP contribution is -2.45. The topological polar surface area (TPSA) is 106 Å². The number of nitrogens with zero attached hydrogens (tertiary/aromatic N) is 2. The van der Waals surface area contributed by atoms with E-state index in [1.807, 2.05) is 0 Å². The van der Waals surface area contributed by atoms with Crippen molar-refractivity contribution in [2.45, 2.75) is 56.5 Å². The second-order valence-electron chi connectivity index (χ2n) is 10.5. The van der Waals surface area contributed by atoms with Crippen LogP contribution in [0.5, 0.6) is 0 Å². The Morgan fingerprint density at radius 3 is 2.63 bits per heavy atom. The van der Waals surface area contributed by atoms with Crippen LogP contribution in [0.15, 0.2) is 52.1 Å². The van der Waals surface area contributed by atoms with Crippen molar-refractivity contribution in [3.05, 3.63) is 80.2 Å². The number of hydrogen-bond donors (Lipinski definition) is 2. The van der Waals surface area contributed by atoms with E-state index in [0.717, 1.165) is 45.2 Å². The molecule has 1 spiro atoms. The fourth-order valence-corrected chi connectivity index (χ4v) is 6.12. The maximum atomic E-state index is 14.7. The van der Waals surface area contributed by atoms with E-state index in [1.165, 1.54) is 16.7 Å². The Morgan fingerprint density at radius 2 is 1.84 bits per heavy atom. The molecule has 1 amide bonds. The number of aromatic nitrogens is 2. The molecular formula is C28H31FN4O5. The summed E-state index contributed by atoms with van der Waals surface area (Å²) in [5.74, 6) is -1.47. The Kier molecular flexibility index (Phi) is 6.63. The second-order valence-corrected chi connectivity index (χ2v) is 10.5. The molecule has 200 valence electrons. The average molecular weight is 523 g/mol. The smallest absolute Gasteiger partial charge is 0.329 e. The summed E-state index contributed by atoms with van der Waals surface area (Å²) >= 11 is 0. The first-order valence-corrected chi connectivity index (χ1v) is 13.2. The number of carbonyl (C=O) groups is 1. The van der Waals surface area contributed by atoms with Gasteiger partial charge in [-0.15, -0.1) is 0 Å². The highest BCUT2D eigenvalue weighted by Crippen LogP contribution is 2.38. The summed E-state index contributed by atoms with van der Waals surface area (Å²) in [6.07, 6.45) is 4.57. The Balaban J connectivity index is 1.12. The zero-order valence-corrected chi connectivity index (χ0v) is 21.1. The number of amides is 1. The number of rotatable bonds is 5. The fourth-order valence-electron chi connectivity index (χ4n) is 6.12. The molecule has 3 fully saturated rings. The molecule has 1 saturated carbocycles. The summed E-state index contributed by atoms with van der Waals surface area (Å²) in [5.41, 5.74) is -0.0223. The minimum Gasteiger partial charge on any atom is -0.348 e. The molecule has 3 heterocycles. The molecule has 1 unspecified atom stereocenters. The van der Waals surface area contributed by atoms with Crippen molar-refractivity contribution in [1.29, 1.82) is 0 Å². The molecule has 2 N–H and O–H groups in total. The molecule has 1 atom stereocenters. The molecule has 0 bridgehead atoms. The number of aromatic amines is 1. The van der Waals surface area contributed by atoms with E-state index >= 15 is 0 Å². The number of carbonyl (C=O) groups excluding carboxylic acids is 1. The molecule has 3 aromatic rings. The number of fused-ring (bicyclic) bond motifs is 1. The minimum atomic E-state index is -0.617. The Hall–Kier alpha value is -3.34. The van der Waals surface area contributed by atoms with Gasteiger partial charge in [-0.2, -0.15) is 0 Å². The van der Waals surface area contributed by atoms with Gasteiger partial charge in [-0.3, -0.25) is 24.0 Å². The van der Waals surface area contributed by atoms with Gasteiger partial charge in [-0.05, 0) is 49.1 Å². The third-order valence-electron chi connectivity index (χ3n) is 8.12. The van der Waals surface area contributed by atoms with Crippen molar-refractivity contribution in [1.82, 2.24) is 19.8 Å². The molecule has 9 nitrogen and oxygen atoms in total. The predicted octanol–water partition coefficient (Wildman–Crippen LogP) is 2.37. The monoisotopic (exact) mass is 522 g/mol. The van der Waals surface area contributed by atoms with Crippen molar-refractivity contribution < 1.29 is 18.7 Å². The van der Waals surface area contributed by atoms with Gasteiger partial charge < -0.3 is 14.8 Å². The van der Waals surface area contributed by atoms with Crippen LogP contribution in [-0.2, 0) is 16.0 Å². The van der Waals surface area contributed by atoms with Gasteiger partial charge in [0, 0.05) is 38.0 Å². The van der Waals surface area contributed by atoms with Crippen LogP contribution < -0.4 is 16.6 Å². The van der Waals surface area contributed by atoms with E-state index in [9.17, 15) is 18.8 Å². The summed E-state index contributed by atoms with van der Waals surface area (Å²) < 4.78 is 27.8. The van der Waals surface area contributed by atoms with E-state index < -0.39 is 28.8 Å². The highest BCUT2D eigenvalue weighted by Gasteiger charge is 2.42. The van der Waals surface area contributed by atoms with Crippen LogP contribution in [0.1, 0.15) is 48.0 Å². The Labute approximate surface area is 218 Å². The highest BCUT2D eigenvalue weighted by atomic mass is 19.1. The molecule has 2 saturated heterocycles. The lowest BCUT2D eigenvalue weighted by molar-refractivity contribution is -0.183. The first-order chi connectivity index (χ1) is 18.4. The van der Waals surface area contributed by atoms with Crippen LogP contribution in [0.3, 0.4) is 0 Å². The average Bonchev–Trinajstić information content (AvgIpc) is 3.58. The molecule has 2 aliphatic heterocycles. The zero-order chi connectivity index (χ0) is 26.3. The third-order valence-corrected chi connectivity index (χ3v) is 8.12. The van der Waals surface area contributed by atoms with E-state index in [0.29, 0.717) is 35.7 Å². The standard InChI is InChI=1S/C28H31FN4O5/c29-23-6-5-18(16-33-24-4-2-1-3-21(24)25(34)31-27(33)36)15-22(23)26(35)30-19-9-12-32(17-19)20-7-10-28(11-8-20)37-13-14-38-28/h1-6,15,19-20H,7-14,16-17H2,(H,30,35)(H,31,34,36). The number of likely N-dealkylation sites (tertiary alicyclic amines) is 1. The van der Waals surface area contributed by atoms with Crippen molar-refractivity contribution in [2.24, 2.45) is 0 Å². The molecular weight excluding hydrogens is 491 g/mol. The van der Waals surface area contributed by atoms with Gasteiger partial charge in [-0.1, -0.05) is 18.2 Å². The Morgan fingerprint density at radius 1 is 1.08 bits per heavy atom. The first-order valence-electron chi connectivity index (χ1n) is 13.2. The van der Waals surface area contributed by atoms with Gasteiger partial charge in [0.15, 0.2) is 5.79 Å². The number of ether oxygens (including phenoxy) is 2. The van der Waals surface area contributed by atoms with E-state index in [-0.39, 0.29) is 18.2 Å². The molecule has 38 heavy (non-hydrogen) atoms. The largest absolute Gasteiger partial charge is 0.348 e. The predicted molar refractivity (Wildman–Crippen MR) is 139 cm³/mol. The molecule has 6 rings (SSSR count). The minimum absolute atomic E-state index is 0.0575. The van der Waals surface area contributed by atoms with Crippen LogP contribution in [0.4, 0.5) is 4.39 Å². The molecule has 1 aliphatic carbocycles. The summed E-state index contributed by atoms with van der Waals surface area (Å²) in [6, 6.07) is 11.4. The number of H-pyrrole nitrogens is 1. The number of benzene rings is 2. The van der Waals surface area contributed by atoms with Crippen molar-refractivity contribution in [3.63, 3.8) is 0 Å². The molecule has 2 aromatic carbocycles. The van der Waals surface area contributed by atoms with Crippen LogP contribution in [0, 0.1) is 5.82 Å². The number of nitrogens with one attached hydrogen (secondary N) is 2. The lowest BCUT2D eigenvalue weighted by Gasteiger charge is -2.39. The van der Waals surface area contributed by atoms with Gasteiger partial charge in [-0.25, -0.2) is 9.18 Å². The van der Waals surface area contributed by atoms with Gasteiger partial charge in [0.25, 0.3) is 11.5 Å². The van der Waals surface area contributed by atoms with Gasteiger partial charge >= 0.3 is 5.69 Å². The van der Waals surface area contributed by atoms with Gasteiger partial charge in [0.2, 0.25) is 0 Å². The maximum absolute atomic E-state index is 14.7. The maximum Gasteiger partial charge on any atom is 0.329 e. The number of hydrogen-bond acceptors (Lipinski definition) is 6. The van der Waals surface area contributed by atoms with Crippen LogP contribution >= 0.6 is 0 Å². The number of halogens is 1. The zero-order valence-electron chi connectivity index (χ0n) is 21.1. The quantitative estimate of drug-likeness (QED) is 0.533. The summed E-state index contributed by atoms with van der Waals surface area (Å²) in [6.45, 7) is 3.03. The molecule has 3 aliphatic rings. The summed E-state index contributed by atoms with van der Waals surface area (Å²) in [4.78, 5) is 42.5. The van der Waals surface area contributed by atoms with Crippen LogP contribution in [0.25, 0.3) is 10.9 Å². The van der Waals surface area contributed by atoms with Gasteiger partial charge in [0.1, 0.15) is 5.82 Å². The first kappa shape index (κ1) is 25.0. The third kappa shape index (κ3) is 4.79. The second kappa shape index (κ2) is 10.1. The van der Waals surface area contributed by atoms with E-state index in [1.54, 1.807) is 30.3 Å². The van der Waals surface area contributed by atoms with E-state index in [4.69, 9.17) is 9.47 Å². The molecule has 0 radical (unpaired) electrons. The fraction of sp³-hybridized carbons (Fsp3) is 0.464.